The Morgan fingerprint density at radius 2 is 1.42 bits per heavy atom. The van der Waals surface area contributed by atoms with Crippen molar-refractivity contribution in [3.05, 3.63) is 12.7 Å². The number of quaternary nitrogens is 1. The summed E-state index contributed by atoms with van der Waals surface area (Å²) in [5.41, 5.74) is 0. The maximum Gasteiger partial charge on any atom is 0.219 e. The Bertz CT molecular complexity index is 326. The van der Waals surface area contributed by atoms with Crippen LogP contribution in [-0.4, -0.2) is 55.6 Å². The lowest BCUT2D eigenvalue weighted by molar-refractivity contribution is -0.889. The van der Waals surface area contributed by atoms with Crippen LogP contribution in [0.5, 0.6) is 0 Å². The van der Waals surface area contributed by atoms with Crippen molar-refractivity contribution in [2.75, 3.05) is 40.3 Å². The van der Waals surface area contributed by atoms with Gasteiger partial charge in [0.05, 0.1) is 33.7 Å². The fourth-order valence-corrected chi connectivity index (χ4v) is 3.06. The zero-order valence-corrected chi connectivity index (χ0v) is 17.0. The van der Waals surface area contributed by atoms with Crippen molar-refractivity contribution >= 4 is 5.91 Å². The first kappa shape index (κ1) is 23.2. The van der Waals surface area contributed by atoms with Gasteiger partial charge in [0.15, 0.2) is 0 Å². The third-order valence-electron chi connectivity index (χ3n) is 4.89. The number of hydrogen-bond donors (Lipinski definition) is 0. The molecule has 24 heavy (non-hydrogen) atoms. The Balaban J connectivity index is 3.66. The number of hydrogen-bond acceptors (Lipinski definition) is 1. The molecule has 0 fully saturated rings. The maximum absolute atomic E-state index is 11.6. The van der Waals surface area contributed by atoms with Crippen molar-refractivity contribution in [1.29, 1.82) is 0 Å². The van der Waals surface area contributed by atoms with E-state index >= 15 is 0 Å². The van der Waals surface area contributed by atoms with E-state index in [2.05, 4.69) is 27.6 Å². The van der Waals surface area contributed by atoms with Gasteiger partial charge in [0, 0.05) is 13.5 Å². The normalized spacial score (nSPS) is 11.5. The number of amides is 1. The second kappa shape index (κ2) is 14.5. The van der Waals surface area contributed by atoms with Crippen molar-refractivity contribution in [2.24, 2.45) is 0 Å². The topological polar surface area (TPSA) is 20.3 Å². The second-order valence-electron chi connectivity index (χ2n) is 7.82. The van der Waals surface area contributed by atoms with Gasteiger partial charge in [-0.15, -0.1) is 6.58 Å². The average Bonchev–Trinajstić information content (AvgIpc) is 2.53. The van der Waals surface area contributed by atoms with Gasteiger partial charge in [-0.2, -0.15) is 0 Å². The van der Waals surface area contributed by atoms with Crippen LogP contribution in [0.25, 0.3) is 0 Å². The lowest BCUT2D eigenvalue weighted by Gasteiger charge is -2.32. The molecule has 0 heterocycles. The highest BCUT2D eigenvalue weighted by Gasteiger charge is 2.17. The molecule has 0 aliphatic heterocycles. The van der Waals surface area contributed by atoms with E-state index in [0.29, 0.717) is 6.54 Å². The number of carbonyl (C=O) groups excluding carboxylic acids is 1. The first-order valence-electron chi connectivity index (χ1n) is 10.1. The van der Waals surface area contributed by atoms with E-state index in [4.69, 9.17) is 0 Å². The highest BCUT2D eigenvalue weighted by atomic mass is 16.2. The molecule has 0 aromatic heterocycles. The molecule has 3 heteroatoms. The summed E-state index contributed by atoms with van der Waals surface area (Å²) in [6.45, 7) is 11.4. The highest BCUT2D eigenvalue weighted by molar-refractivity contribution is 5.73. The van der Waals surface area contributed by atoms with E-state index in [1.54, 1.807) is 6.92 Å². The fourth-order valence-electron chi connectivity index (χ4n) is 3.06. The summed E-state index contributed by atoms with van der Waals surface area (Å²) in [6, 6.07) is 0. The van der Waals surface area contributed by atoms with Crippen LogP contribution in [-0.2, 0) is 4.79 Å². The summed E-state index contributed by atoms with van der Waals surface area (Å²) in [6.07, 6.45) is 15.7. The molecule has 0 aromatic rings. The molecule has 1 amide bonds. The van der Waals surface area contributed by atoms with Gasteiger partial charge < -0.3 is 9.38 Å². The van der Waals surface area contributed by atoms with Crippen LogP contribution in [0.15, 0.2) is 12.7 Å². The predicted molar refractivity (Wildman–Crippen MR) is 106 cm³/mol. The summed E-state index contributed by atoms with van der Waals surface area (Å²) < 4.78 is 0.998. The van der Waals surface area contributed by atoms with E-state index < -0.39 is 0 Å². The smallest absolute Gasteiger partial charge is 0.219 e. The van der Waals surface area contributed by atoms with E-state index in [1.165, 1.54) is 70.8 Å². The highest BCUT2D eigenvalue weighted by Crippen LogP contribution is 2.11. The minimum Gasteiger partial charge on any atom is -0.334 e. The number of unbranched alkanes of at least 4 members (excludes halogenated alkanes) is 9. The largest absolute Gasteiger partial charge is 0.334 e. The molecular weight excluding hydrogens is 296 g/mol. The van der Waals surface area contributed by atoms with Gasteiger partial charge in [0.1, 0.15) is 0 Å². The second-order valence-corrected chi connectivity index (χ2v) is 7.82. The number of nitrogens with zero attached hydrogens (tertiary/aromatic N) is 2. The zero-order chi connectivity index (χ0) is 18.3. The molecular formula is C21H43N2O+. The van der Waals surface area contributed by atoms with Crippen LogP contribution < -0.4 is 0 Å². The first-order chi connectivity index (χ1) is 11.4. The fraction of sp³-hybridized carbons (Fsp3) is 0.857. The summed E-state index contributed by atoms with van der Waals surface area (Å²) in [4.78, 5) is 13.4. The number of carbonyl (C=O) groups is 1. The van der Waals surface area contributed by atoms with Crippen LogP contribution in [0.3, 0.4) is 0 Å². The summed E-state index contributed by atoms with van der Waals surface area (Å²) in [5.74, 6) is 0.147. The molecule has 0 aliphatic carbocycles. The molecule has 0 rings (SSSR count). The van der Waals surface area contributed by atoms with Gasteiger partial charge in [0.2, 0.25) is 5.91 Å². The van der Waals surface area contributed by atoms with Crippen molar-refractivity contribution in [2.45, 2.75) is 78.1 Å². The minimum absolute atomic E-state index is 0.147. The summed E-state index contributed by atoms with van der Waals surface area (Å²) in [5, 5.41) is 0. The standard InChI is InChI=1S/C21H43N2O/c1-6-8-9-10-11-12-13-14-15-16-19-23(4,5)20-18-22(17-7-2)21(3)24/h7H,2,6,8-20H2,1,3-5H3/q+1. The molecule has 0 saturated heterocycles. The number of likely N-dealkylation sites (N-methyl/N-ethyl adjacent to an activating group) is 1. The van der Waals surface area contributed by atoms with Crippen LogP contribution in [0, 0.1) is 0 Å². The van der Waals surface area contributed by atoms with E-state index in [-0.39, 0.29) is 5.91 Å². The van der Waals surface area contributed by atoms with Crippen molar-refractivity contribution < 1.29 is 9.28 Å². The summed E-state index contributed by atoms with van der Waals surface area (Å²) >= 11 is 0. The zero-order valence-electron chi connectivity index (χ0n) is 17.0. The molecule has 0 aliphatic rings. The third kappa shape index (κ3) is 13.6. The van der Waals surface area contributed by atoms with Gasteiger partial charge in [-0.25, -0.2) is 0 Å². The van der Waals surface area contributed by atoms with E-state index in [0.717, 1.165) is 17.6 Å². The molecule has 0 spiro atoms. The van der Waals surface area contributed by atoms with Crippen LogP contribution in [0.1, 0.15) is 78.1 Å². The molecule has 0 N–H and O–H groups in total. The van der Waals surface area contributed by atoms with Gasteiger partial charge in [-0.3, -0.25) is 4.79 Å². The van der Waals surface area contributed by atoms with Crippen LogP contribution in [0.4, 0.5) is 0 Å². The Hall–Kier alpha value is -0.830. The van der Waals surface area contributed by atoms with E-state index in [1.807, 2.05) is 11.0 Å². The van der Waals surface area contributed by atoms with E-state index in [9.17, 15) is 4.79 Å². The molecule has 0 bridgehead atoms. The minimum atomic E-state index is 0.147. The molecule has 142 valence electrons. The third-order valence-corrected chi connectivity index (χ3v) is 4.89. The van der Waals surface area contributed by atoms with Gasteiger partial charge in [-0.1, -0.05) is 64.4 Å². The molecule has 3 nitrogen and oxygen atoms in total. The Morgan fingerprint density at radius 3 is 1.88 bits per heavy atom. The average molecular weight is 340 g/mol. The first-order valence-corrected chi connectivity index (χ1v) is 10.1. The van der Waals surface area contributed by atoms with Crippen molar-refractivity contribution in [3.63, 3.8) is 0 Å². The summed E-state index contributed by atoms with van der Waals surface area (Å²) in [7, 11) is 4.56. The van der Waals surface area contributed by atoms with Gasteiger partial charge >= 0.3 is 0 Å². The predicted octanol–water partition coefficient (Wildman–Crippen LogP) is 5.02. The Kier molecular flexibility index (Phi) is 14.0. The molecule has 0 aromatic carbocycles. The van der Waals surface area contributed by atoms with Crippen LogP contribution >= 0.6 is 0 Å². The maximum atomic E-state index is 11.6. The molecule has 0 unspecified atom stereocenters. The van der Waals surface area contributed by atoms with Gasteiger partial charge in [0.25, 0.3) is 0 Å². The van der Waals surface area contributed by atoms with Gasteiger partial charge in [-0.05, 0) is 12.8 Å². The number of rotatable bonds is 16. The SMILES string of the molecule is C=CCN(CC[N+](C)(C)CCCCCCCCCCCC)C(C)=O. The molecule has 0 saturated carbocycles. The Morgan fingerprint density at radius 1 is 0.917 bits per heavy atom. The van der Waals surface area contributed by atoms with Crippen molar-refractivity contribution in [3.8, 4) is 0 Å². The van der Waals surface area contributed by atoms with Crippen molar-refractivity contribution in [1.82, 2.24) is 4.90 Å². The molecule has 0 radical (unpaired) electrons. The quantitative estimate of drug-likeness (QED) is 0.220. The lowest BCUT2D eigenvalue weighted by Crippen LogP contribution is -2.47. The van der Waals surface area contributed by atoms with Crippen LogP contribution in [0.2, 0.25) is 0 Å². The lowest BCUT2D eigenvalue weighted by atomic mass is 10.1. The monoisotopic (exact) mass is 339 g/mol. The Labute approximate surface area is 151 Å². The molecule has 0 atom stereocenters.